The number of hydrogen-bond acceptors (Lipinski definition) is 4. The van der Waals surface area contributed by atoms with E-state index in [4.69, 9.17) is 14.8 Å². The number of carbonyl (C=O) groups is 2. The Morgan fingerprint density at radius 1 is 0.750 bits per heavy atom. The fraction of sp³-hybridized carbons (Fsp3) is 0.481. The predicted octanol–water partition coefficient (Wildman–Crippen LogP) is 5.73. The van der Waals surface area contributed by atoms with Crippen LogP contribution in [0, 0.1) is 0 Å². The van der Waals surface area contributed by atoms with E-state index in [2.05, 4.69) is 51.1 Å². The Balaban J connectivity index is 0.000000369. The predicted molar refractivity (Wildman–Crippen MR) is 140 cm³/mol. The molecule has 0 aliphatic rings. The zero-order chi connectivity index (χ0) is 27.2. The fourth-order valence-electron chi connectivity index (χ4n) is 4.02. The number of carboxylic acids is 2. The Hall–Kier alpha value is -2.75. The highest BCUT2D eigenvalue weighted by atomic mass is 32.2. The average molecular weight is 523 g/mol. The molecule has 0 atom stereocenters. The molecule has 2 aromatic carbocycles. The Morgan fingerprint density at radius 2 is 1.17 bits per heavy atom. The first-order valence-electron chi connectivity index (χ1n) is 12.5. The molecule has 0 amide bonds. The number of carboxylic acid groups (broad SMARTS) is 2. The molecule has 0 radical (unpaired) electrons. The van der Waals surface area contributed by atoms with Crippen LogP contribution in [-0.2, 0) is 16.7 Å². The molecule has 0 aliphatic heterocycles. The van der Waals surface area contributed by atoms with Gasteiger partial charge in [-0.1, -0.05) is 70.4 Å². The SMILES string of the molecule is CCCC[N+](CCCC)(CCCC)Cc1ccccc1.O=C(O)c1cc(C(=O)O)cc(S(=O)(=O)O)c1. The Bertz CT molecular complexity index is 1010. The molecule has 0 unspecified atom stereocenters. The smallest absolute Gasteiger partial charge is 0.335 e. The molecular formula is C27H40NO7S+. The third-order valence-electron chi connectivity index (χ3n) is 6.02. The molecule has 9 heteroatoms. The summed E-state index contributed by atoms with van der Waals surface area (Å²) < 4.78 is 31.5. The van der Waals surface area contributed by atoms with Crippen LogP contribution in [0.1, 0.15) is 85.6 Å². The number of rotatable bonds is 14. The maximum absolute atomic E-state index is 10.8. The molecule has 0 aliphatic carbocycles. The van der Waals surface area contributed by atoms with E-state index in [1.54, 1.807) is 0 Å². The van der Waals surface area contributed by atoms with Crippen LogP contribution >= 0.6 is 0 Å². The monoisotopic (exact) mass is 522 g/mol. The summed E-state index contributed by atoms with van der Waals surface area (Å²) in [7, 11) is -4.64. The summed E-state index contributed by atoms with van der Waals surface area (Å²) in [5.74, 6) is -2.99. The highest BCUT2D eigenvalue weighted by Gasteiger charge is 2.26. The largest absolute Gasteiger partial charge is 0.478 e. The summed E-state index contributed by atoms with van der Waals surface area (Å²) in [6, 6.07) is 13.2. The van der Waals surface area contributed by atoms with Crippen molar-refractivity contribution in [2.24, 2.45) is 0 Å². The molecule has 36 heavy (non-hydrogen) atoms. The second-order valence-corrected chi connectivity index (χ2v) is 10.5. The molecule has 0 heterocycles. The molecule has 0 saturated heterocycles. The van der Waals surface area contributed by atoms with Gasteiger partial charge < -0.3 is 14.7 Å². The number of nitrogens with zero attached hydrogens (tertiary/aromatic N) is 1. The van der Waals surface area contributed by atoms with Gasteiger partial charge in [-0.05, 0) is 37.5 Å². The summed E-state index contributed by atoms with van der Waals surface area (Å²) in [5.41, 5.74) is 0.441. The summed E-state index contributed by atoms with van der Waals surface area (Å²) in [5, 5.41) is 17.2. The average Bonchev–Trinajstić information content (AvgIpc) is 2.85. The van der Waals surface area contributed by atoms with Crippen molar-refractivity contribution >= 4 is 22.1 Å². The Labute approximate surface area is 214 Å². The number of aromatic carboxylic acids is 2. The van der Waals surface area contributed by atoms with E-state index in [0.717, 1.165) is 6.07 Å². The second-order valence-electron chi connectivity index (χ2n) is 9.05. The van der Waals surface area contributed by atoms with Gasteiger partial charge in [0.05, 0.1) is 35.7 Å². The van der Waals surface area contributed by atoms with Gasteiger partial charge >= 0.3 is 11.9 Å². The van der Waals surface area contributed by atoms with E-state index in [1.807, 2.05) is 0 Å². The lowest BCUT2D eigenvalue weighted by Crippen LogP contribution is -2.49. The van der Waals surface area contributed by atoms with Gasteiger partial charge in [-0.3, -0.25) is 4.55 Å². The summed E-state index contributed by atoms with van der Waals surface area (Å²) in [6.07, 6.45) is 8.02. The summed E-state index contributed by atoms with van der Waals surface area (Å²) >= 11 is 0. The number of hydrogen-bond donors (Lipinski definition) is 3. The number of quaternary nitrogens is 1. The lowest BCUT2D eigenvalue weighted by molar-refractivity contribution is -0.941. The minimum Gasteiger partial charge on any atom is -0.478 e. The zero-order valence-corrected chi connectivity index (χ0v) is 22.3. The summed E-state index contributed by atoms with van der Waals surface area (Å²) in [6.45, 7) is 12.2. The molecule has 0 saturated carbocycles. The van der Waals surface area contributed by atoms with E-state index < -0.39 is 38.1 Å². The highest BCUT2D eigenvalue weighted by Crippen LogP contribution is 2.20. The third kappa shape index (κ3) is 10.9. The summed E-state index contributed by atoms with van der Waals surface area (Å²) in [4.78, 5) is 20.4. The van der Waals surface area contributed by atoms with E-state index >= 15 is 0 Å². The molecule has 200 valence electrons. The van der Waals surface area contributed by atoms with Crippen molar-refractivity contribution in [3.63, 3.8) is 0 Å². The first-order chi connectivity index (χ1) is 17.0. The van der Waals surface area contributed by atoms with Crippen molar-refractivity contribution < 1.29 is 37.3 Å². The van der Waals surface area contributed by atoms with Crippen molar-refractivity contribution in [3.05, 3.63) is 65.2 Å². The van der Waals surface area contributed by atoms with Crippen LogP contribution in [0.25, 0.3) is 0 Å². The van der Waals surface area contributed by atoms with Gasteiger partial charge in [0.25, 0.3) is 10.1 Å². The molecule has 0 spiro atoms. The van der Waals surface area contributed by atoms with Crippen LogP contribution in [0.2, 0.25) is 0 Å². The van der Waals surface area contributed by atoms with Gasteiger partial charge in [-0.15, -0.1) is 0 Å². The topological polar surface area (TPSA) is 129 Å². The van der Waals surface area contributed by atoms with Crippen LogP contribution in [0.4, 0.5) is 0 Å². The molecule has 8 nitrogen and oxygen atoms in total. The number of unbranched alkanes of at least 4 members (excludes halogenated alkanes) is 3. The molecule has 2 aromatic rings. The fourth-order valence-corrected chi connectivity index (χ4v) is 4.57. The number of benzene rings is 2. The van der Waals surface area contributed by atoms with E-state index in [0.29, 0.717) is 12.1 Å². The van der Waals surface area contributed by atoms with Crippen molar-refractivity contribution in [1.82, 2.24) is 0 Å². The molecular weight excluding hydrogens is 482 g/mol. The Morgan fingerprint density at radius 3 is 1.50 bits per heavy atom. The van der Waals surface area contributed by atoms with E-state index in [9.17, 15) is 18.0 Å². The molecule has 2 rings (SSSR count). The van der Waals surface area contributed by atoms with Gasteiger partial charge in [-0.2, -0.15) is 8.42 Å². The second kappa shape index (κ2) is 15.4. The molecule has 3 N–H and O–H groups in total. The first kappa shape index (κ1) is 31.3. The standard InChI is InChI=1S/C19H34N.C8H6O7S/c1-4-7-15-20(16-8-5-2,17-9-6-3)18-19-13-11-10-12-14-19;9-7(10)4-1-5(8(11)12)3-6(2-4)16(13,14)15/h10-14H,4-9,15-18H2,1-3H3;1-3H,(H,9,10)(H,11,12)(H,13,14,15)/q+1;. The van der Waals surface area contributed by atoms with Gasteiger partial charge in [0, 0.05) is 5.56 Å². The van der Waals surface area contributed by atoms with Gasteiger partial charge in [0.1, 0.15) is 6.54 Å². The van der Waals surface area contributed by atoms with Crippen molar-refractivity contribution in [2.75, 3.05) is 19.6 Å². The minimum absolute atomic E-state index is 0.535. The van der Waals surface area contributed by atoms with E-state index in [-0.39, 0.29) is 0 Å². The van der Waals surface area contributed by atoms with Crippen molar-refractivity contribution in [2.45, 2.75) is 70.7 Å². The van der Waals surface area contributed by atoms with Crippen molar-refractivity contribution in [1.29, 1.82) is 0 Å². The quantitative estimate of drug-likeness (QED) is 0.213. The van der Waals surface area contributed by atoms with Crippen LogP contribution < -0.4 is 0 Å². The maximum Gasteiger partial charge on any atom is 0.335 e. The molecule has 0 aromatic heterocycles. The lowest BCUT2D eigenvalue weighted by Gasteiger charge is -2.39. The third-order valence-corrected chi connectivity index (χ3v) is 6.85. The first-order valence-corrected chi connectivity index (χ1v) is 13.9. The van der Waals surface area contributed by atoms with Gasteiger partial charge in [0.2, 0.25) is 0 Å². The minimum atomic E-state index is -4.64. The Kier molecular flexibility index (Phi) is 13.4. The van der Waals surface area contributed by atoms with Crippen molar-refractivity contribution in [3.8, 4) is 0 Å². The molecule has 0 bridgehead atoms. The van der Waals surface area contributed by atoms with Crippen LogP contribution in [0.15, 0.2) is 53.4 Å². The van der Waals surface area contributed by atoms with Crippen LogP contribution in [-0.4, -0.2) is 59.2 Å². The normalized spacial score (nSPS) is 11.4. The van der Waals surface area contributed by atoms with Crippen LogP contribution in [0.5, 0.6) is 0 Å². The maximum atomic E-state index is 10.8. The zero-order valence-electron chi connectivity index (χ0n) is 21.5. The van der Waals surface area contributed by atoms with Gasteiger partial charge in [0.15, 0.2) is 0 Å². The van der Waals surface area contributed by atoms with Gasteiger partial charge in [-0.25, -0.2) is 9.59 Å². The lowest BCUT2D eigenvalue weighted by atomic mass is 10.1. The van der Waals surface area contributed by atoms with Crippen LogP contribution in [0.3, 0.4) is 0 Å². The molecule has 0 fully saturated rings. The van der Waals surface area contributed by atoms with E-state index in [1.165, 1.54) is 74.8 Å². The highest BCUT2D eigenvalue weighted by molar-refractivity contribution is 7.85.